The van der Waals surface area contributed by atoms with E-state index in [4.69, 9.17) is 33.0 Å². The second-order valence-corrected chi connectivity index (χ2v) is 5.08. The van der Waals surface area contributed by atoms with Gasteiger partial charge in [-0.1, -0.05) is 30.1 Å². The maximum absolute atomic E-state index is 12.0. The van der Waals surface area contributed by atoms with Crippen LogP contribution in [0.2, 0.25) is 10.0 Å². The summed E-state index contributed by atoms with van der Waals surface area (Å²) >= 11 is 11.8. The number of hydrogen-bond donors (Lipinski definition) is 3. The van der Waals surface area contributed by atoms with Crippen molar-refractivity contribution >= 4 is 41.0 Å². The van der Waals surface area contributed by atoms with Crippen molar-refractivity contribution in [3.05, 3.63) is 40.4 Å². The molecular weight excluding hydrogens is 347 g/mol. The van der Waals surface area contributed by atoms with Crippen LogP contribution >= 0.6 is 23.2 Å². The van der Waals surface area contributed by atoms with E-state index in [0.717, 1.165) is 6.08 Å². The highest BCUT2D eigenvalue weighted by Crippen LogP contribution is 2.28. The molecule has 0 saturated carbocycles. The van der Waals surface area contributed by atoms with E-state index in [9.17, 15) is 14.4 Å². The highest BCUT2D eigenvalue weighted by molar-refractivity contribution is 6.34. The van der Waals surface area contributed by atoms with Crippen LogP contribution in [0.25, 0.3) is 0 Å². The average Bonchev–Trinajstić information content (AvgIpc) is 2.51. The molecule has 0 heterocycles. The minimum absolute atomic E-state index is 0.235. The van der Waals surface area contributed by atoms with Crippen LogP contribution in [0, 0.1) is 0 Å². The van der Waals surface area contributed by atoms with Gasteiger partial charge in [0.2, 0.25) is 0 Å². The number of carbonyl (C=O) groups excluding carboxylic acids is 2. The number of benzene rings is 1. The Balaban J connectivity index is 2.63. The predicted molar refractivity (Wildman–Crippen MR) is 84.2 cm³/mol. The first-order valence-electron chi connectivity index (χ1n) is 6.46. The molecule has 23 heavy (non-hydrogen) atoms. The summed E-state index contributed by atoms with van der Waals surface area (Å²) < 4.78 is 5.48. The summed E-state index contributed by atoms with van der Waals surface area (Å²) in [6, 6.07) is 4.57. The van der Waals surface area contributed by atoms with Gasteiger partial charge >= 0.3 is 5.97 Å². The number of rotatable bonds is 6. The molecule has 7 nitrogen and oxygen atoms in total. The summed E-state index contributed by atoms with van der Waals surface area (Å²) in [7, 11) is 0. The van der Waals surface area contributed by atoms with Crippen LogP contribution in [0.15, 0.2) is 30.4 Å². The maximum Gasteiger partial charge on any atom is 0.328 e. The Labute approximate surface area is 142 Å². The largest absolute Gasteiger partial charge is 0.479 e. The van der Waals surface area contributed by atoms with Crippen molar-refractivity contribution in [1.82, 2.24) is 10.9 Å². The van der Waals surface area contributed by atoms with Gasteiger partial charge in [-0.05, 0) is 18.6 Å². The Kier molecular flexibility index (Phi) is 7.37. The van der Waals surface area contributed by atoms with Gasteiger partial charge < -0.3 is 9.84 Å². The Morgan fingerprint density at radius 1 is 1.26 bits per heavy atom. The number of carboxylic acids is 1. The molecule has 0 aliphatic heterocycles. The number of carbonyl (C=O) groups is 3. The van der Waals surface area contributed by atoms with E-state index in [1.165, 1.54) is 12.1 Å². The molecule has 0 bridgehead atoms. The first-order valence-corrected chi connectivity index (χ1v) is 7.21. The van der Waals surface area contributed by atoms with Crippen LogP contribution in [0.1, 0.15) is 13.3 Å². The third kappa shape index (κ3) is 6.58. The lowest BCUT2D eigenvalue weighted by Crippen LogP contribution is -2.47. The van der Waals surface area contributed by atoms with Crippen molar-refractivity contribution in [3.8, 4) is 5.75 Å². The Morgan fingerprint density at radius 2 is 1.96 bits per heavy atom. The fraction of sp³-hybridized carbons (Fsp3) is 0.214. The van der Waals surface area contributed by atoms with Gasteiger partial charge in [-0.25, -0.2) is 4.79 Å². The topological polar surface area (TPSA) is 105 Å². The molecule has 1 unspecified atom stereocenters. The lowest BCUT2D eigenvalue weighted by atomic mass is 10.2. The van der Waals surface area contributed by atoms with Crippen LogP contribution in [0.5, 0.6) is 5.75 Å². The zero-order valence-electron chi connectivity index (χ0n) is 12.0. The van der Waals surface area contributed by atoms with Crippen LogP contribution in [-0.4, -0.2) is 29.0 Å². The second-order valence-electron chi connectivity index (χ2n) is 4.24. The second kappa shape index (κ2) is 9.02. The molecule has 0 aliphatic carbocycles. The van der Waals surface area contributed by atoms with Gasteiger partial charge in [0.15, 0.2) is 6.10 Å². The van der Waals surface area contributed by atoms with Crippen molar-refractivity contribution in [2.75, 3.05) is 0 Å². The summed E-state index contributed by atoms with van der Waals surface area (Å²) in [5.74, 6) is -2.47. The average molecular weight is 361 g/mol. The van der Waals surface area contributed by atoms with Crippen LogP contribution in [0.4, 0.5) is 0 Å². The Bertz CT molecular complexity index is 634. The molecule has 0 fully saturated rings. The van der Waals surface area contributed by atoms with E-state index >= 15 is 0 Å². The van der Waals surface area contributed by atoms with Gasteiger partial charge in [0.1, 0.15) is 5.75 Å². The maximum atomic E-state index is 12.0. The minimum atomic E-state index is -1.28. The van der Waals surface area contributed by atoms with Gasteiger partial charge in [0, 0.05) is 23.2 Å². The number of halogens is 2. The summed E-state index contributed by atoms with van der Waals surface area (Å²) in [4.78, 5) is 33.5. The number of hydrazine groups is 1. The molecular formula is C14H14Cl2N2O5. The van der Waals surface area contributed by atoms with E-state index in [0.29, 0.717) is 17.5 Å². The predicted octanol–water partition coefficient (Wildman–Crippen LogP) is 1.94. The molecule has 0 radical (unpaired) electrons. The molecule has 0 spiro atoms. The number of carboxylic acid groups (broad SMARTS) is 1. The van der Waals surface area contributed by atoms with Gasteiger partial charge in [0.05, 0.1) is 5.02 Å². The highest BCUT2D eigenvalue weighted by Gasteiger charge is 2.20. The quantitative estimate of drug-likeness (QED) is 0.531. The van der Waals surface area contributed by atoms with Crippen molar-refractivity contribution in [2.24, 2.45) is 0 Å². The van der Waals surface area contributed by atoms with Crippen molar-refractivity contribution < 1.29 is 24.2 Å². The third-order valence-corrected chi connectivity index (χ3v) is 3.06. The van der Waals surface area contributed by atoms with E-state index in [1.807, 2.05) is 5.43 Å². The summed E-state index contributed by atoms with van der Waals surface area (Å²) in [5, 5.41) is 9.06. The van der Waals surface area contributed by atoms with Crippen molar-refractivity contribution in [3.63, 3.8) is 0 Å². The van der Waals surface area contributed by atoms with Gasteiger partial charge in [-0.3, -0.25) is 20.4 Å². The Hall–Kier alpha value is -2.25. The molecule has 2 amide bonds. The molecule has 124 valence electrons. The standard InChI is InChI=1S/C14H14Cl2N2O5/c1-2-10(23-11-7-8(15)3-4-9(11)16)14(22)18-17-12(19)5-6-13(20)21/h3-7,10H,2H2,1H3,(H,17,19)(H,18,22)(H,20,21)/b6-5+. The first kappa shape index (κ1) is 18.8. The van der Waals surface area contributed by atoms with Crippen molar-refractivity contribution in [2.45, 2.75) is 19.4 Å². The number of hydrogen-bond acceptors (Lipinski definition) is 4. The number of amides is 2. The molecule has 3 N–H and O–H groups in total. The molecule has 1 rings (SSSR count). The number of nitrogens with one attached hydrogen (secondary N) is 2. The zero-order chi connectivity index (χ0) is 17.4. The van der Waals surface area contributed by atoms with E-state index in [1.54, 1.807) is 13.0 Å². The van der Waals surface area contributed by atoms with Crippen LogP contribution in [0.3, 0.4) is 0 Å². The lowest BCUT2D eigenvalue weighted by molar-refractivity contribution is -0.132. The summed E-state index contributed by atoms with van der Waals surface area (Å²) in [6.07, 6.45) is 0.782. The van der Waals surface area contributed by atoms with Crippen molar-refractivity contribution in [1.29, 1.82) is 0 Å². The van der Waals surface area contributed by atoms with Gasteiger partial charge in [-0.2, -0.15) is 0 Å². The molecule has 0 aromatic heterocycles. The molecule has 0 saturated heterocycles. The molecule has 1 atom stereocenters. The van der Waals surface area contributed by atoms with Gasteiger partial charge in [0.25, 0.3) is 11.8 Å². The molecule has 1 aromatic carbocycles. The van der Waals surface area contributed by atoms with Crippen LogP contribution in [-0.2, 0) is 14.4 Å². The minimum Gasteiger partial charge on any atom is -0.479 e. The Morgan fingerprint density at radius 3 is 2.57 bits per heavy atom. The van der Waals surface area contributed by atoms with E-state index in [2.05, 4.69) is 5.43 Å². The normalized spacial score (nSPS) is 11.8. The van der Waals surface area contributed by atoms with E-state index < -0.39 is 23.9 Å². The van der Waals surface area contributed by atoms with E-state index in [-0.39, 0.29) is 10.8 Å². The molecule has 1 aromatic rings. The fourth-order valence-electron chi connectivity index (χ4n) is 1.44. The number of aliphatic carboxylic acids is 1. The van der Waals surface area contributed by atoms with Crippen LogP contribution < -0.4 is 15.6 Å². The molecule has 0 aliphatic rings. The van der Waals surface area contributed by atoms with Gasteiger partial charge in [-0.15, -0.1) is 0 Å². The monoisotopic (exact) mass is 360 g/mol. The summed E-state index contributed by atoms with van der Waals surface area (Å²) in [6.45, 7) is 1.70. The third-order valence-electron chi connectivity index (χ3n) is 2.51. The molecule has 9 heteroatoms. The summed E-state index contributed by atoms with van der Waals surface area (Å²) in [5.41, 5.74) is 4.16. The zero-order valence-corrected chi connectivity index (χ0v) is 13.5. The first-order chi connectivity index (χ1) is 10.8. The lowest BCUT2D eigenvalue weighted by Gasteiger charge is -2.18. The highest BCUT2D eigenvalue weighted by atomic mass is 35.5. The number of ether oxygens (including phenoxy) is 1. The SMILES string of the molecule is CCC(Oc1cc(Cl)ccc1Cl)C(=O)NNC(=O)/C=C/C(=O)O. The fourth-order valence-corrected chi connectivity index (χ4v) is 1.76. The smallest absolute Gasteiger partial charge is 0.328 e.